The van der Waals surface area contributed by atoms with E-state index in [1.54, 1.807) is 48.0 Å². The van der Waals surface area contributed by atoms with Gasteiger partial charge in [-0.1, -0.05) is 53.2 Å². The minimum atomic E-state index is -0.404. The van der Waals surface area contributed by atoms with E-state index in [-0.39, 0.29) is 17.6 Å². The van der Waals surface area contributed by atoms with Crippen LogP contribution in [0.1, 0.15) is 34.7 Å². The van der Waals surface area contributed by atoms with Crippen LogP contribution in [0.4, 0.5) is 5.69 Å². The summed E-state index contributed by atoms with van der Waals surface area (Å²) in [5.74, 6) is 0.235. The molecule has 0 aliphatic carbocycles. The molecule has 0 aliphatic heterocycles. The van der Waals surface area contributed by atoms with Crippen LogP contribution in [0, 0.1) is 6.92 Å². The Morgan fingerprint density at radius 2 is 1.90 bits per heavy atom. The van der Waals surface area contributed by atoms with Gasteiger partial charge in [0.15, 0.2) is 11.0 Å². The topological polar surface area (TPSA) is 88.9 Å². The van der Waals surface area contributed by atoms with Crippen LogP contribution >= 0.6 is 35.0 Å². The standard InChI is InChI=1S/C21H21Cl2N5O2S/c1-12-8-9-14(22)10-17(12)25-18(29)11-31-21-27-26-19(28(21)3)13(2)24-20(30)15-6-4-5-7-16(15)23/h4-10,13H,11H2,1-3H3,(H,24,30)(H,25,29)/t13-/m0/s1. The van der Waals surface area contributed by atoms with E-state index in [4.69, 9.17) is 23.2 Å². The smallest absolute Gasteiger partial charge is 0.253 e. The minimum absolute atomic E-state index is 0.151. The van der Waals surface area contributed by atoms with E-state index in [9.17, 15) is 9.59 Å². The number of benzene rings is 2. The van der Waals surface area contributed by atoms with Crippen molar-refractivity contribution >= 4 is 52.5 Å². The molecule has 1 aromatic heterocycles. The number of hydrogen-bond donors (Lipinski definition) is 2. The van der Waals surface area contributed by atoms with Gasteiger partial charge >= 0.3 is 0 Å². The number of anilines is 1. The van der Waals surface area contributed by atoms with Gasteiger partial charge in [0.25, 0.3) is 5.91 Å². The molecular weight excluding hydrogens is 457 g/mol. The number of carbonyl (C=O) groups excluding carboxylic acids is 2. The molecule has 0 saturated carbocycles. The third-order valence-corrected chi connectivity index (χ3v) is 6.11. The second-order valence-electron chi connectivity index (χ2n) is 6.87. The number of carbonyl (C=O) groups is 2. The van der Waals surface area contributed by atoms with Gasteiger partial charge in [-0.2, -0.15) is 0 Å². The van der Waals surface area contributed by atoms with Gasteiger partial charge in [-0.25, -0.2) is 0 Å². The van der Waals surface area contributed by atoms with Crippen LogP contribution in [0.25, 0.3) is 0 Å². The molecule has 3 aromatic rings. The Bertz CT molecular complexity index is 1120. The molecule has 0 radical (unpaired) electrons. The number of amides is 2. The maximum Gasteiger partial charge on any atom is 0.253 e. The first-order valence-electron chi connectivity index (χ1n) is 9.39. The monoisotopic (exact) mass is 477 g/mol. The highest BCUT2D eigenvalue weighted by Gasteiger charge is 2.20. The summed E-state index contributed by atoms with van der Waals surface area (Å²) < 4.78 is 1.75. The summed E-state index contributed by atoms with van der Waals surface area (Å²) in [6, 6.07) is 11.8. The first kappa shape index (κ1) is 23.1. The predicted molar refractivity (Wildman–Crippen MR) is 124 cm³/mol. The number of halogens is 2. The fourth-order valence-electron chi connectivity index (χ4n) is 2.86. The maximum absolute atomic E-state index is 12.5. The molecule has 1 heterocycles. The van der Waals surface area contributed by atoms with E-state index in [2.05, 4.69) is 20.8 Å². The predicted octanol–water partition coefficient (Wildman–Crippen LogP) is 4.65. The Balaban J connectivity index is 1.60. The van der Waals surface area contributed by atoms with Crippen LogP contribution in [0.3, 0.4) is 0 Å². The van der Waals surface area contributed by atoms with Gasteiger partial charge in [-0.3, -0.25) is 9.59 Å². The summed E-state index contributed by atoms with van der Waals surface area (Å²) in [5, 5.41) is 15.5. The van der Waals surface area contributed by atoms with Crippen LogP contribution in [-0.4, -0.2) is 32.3 Å². The van der Waals surface area contributed by atoms with Crippen LogP contribution in [0.15, 0.2) is 47.6 Å². The van der Waals surface area contributed by atoms with E-state index in [0.29, 0.717) is 32.3 Å². The molecule has 2 aromatic carbocycles. The number of aryl methyl sites for hydroxylation is 1. The Hall–Kier alpha value is -2.55. The molecule has 0 unspecified atom stereocenters. The molecule has 31 heavy (non-hydrogen) atoms. The first-order valence-corrected chi connectivity index (χ1v) is 11.1. The molecule has 0 fully saturated rings. The summed E-state index contributed by atoms with van der Waals surface area (Å²) in [6.07, 6.45) is 0. The molecule has 3 rings (SSSR count). The van der Waals surface area contributed by atoms with Crippen molar-refractivity contribution in [2.24, 2.45) is 7.05 Å². The van der Waals surface area contributed by atoms with Crippen molar-refractivity contribution in [1.29, 1.82) is 0 Å². The second kappa shape index (κ2) is 10.2. The third kappa shape index (κ3) is 5.78. The van der Waals surface area contributed by atoms with Crippen LogP contribution in [-0.2, 0) is 11.8 Å². The summed E-state index contributed by atoms with van der Waals surface area (Å²) >= 11 is 13.3. The normalized spacial score (nSPS) is 11.8. The lowest BCUT2D eigenvalue weighted by molar-refractivity contribution is -0.113. The van der Waals surface area contributed by atoms with Crippen molar-refractivity contribution in [3.63, 3.8) is 0 Å². The first-order chi connectivity index (χ1) is 14.8. The van der Waals surface area contributed by atoms with Gasteiger partial charge in [-0.05, 0) is 43.7 Å². The molecular formula is C21H21Cl2N5O2S. The average molecular weight is 478 g/mol. The van der Waals surface area contributed by atoms with Gasteiger partial charge < -0.3 is 15.2 Å². The number of nitrogens with zero attached hydrogens (tertiary/aromatic N) is 3. The number of aromatic nitrogens is 3. The van der Waals surface area contributed by atoms with Gasteiger partial charge in [0.2, 0.25) is 5.91 Å². The van der Waals surface area contributed by atoms with Crippen molar-refractivity contribution in [2.45, 2.75) is 25.0 Å². The van der Waals surface area contributed by atoms with E-state index < -0.39 is 6.04 Å². The molecule has 7 nitrogen and oxygen atoms in total. The summed E-state index contributed by atoms with van der Waals surface area (Å²) in [6.45, 7) is 3.70. The number of thioether (sulfide) groups is 1. The quantitative estimate of drug-likeness (QED) is 0.483. The van der Waals surface area contributed by atoms with Crippen molar-refractivity contribution in [3.05, 3.63) is 69.5 Å². The summed E-state index contributed by atoms with van der Waals surface area (Å²) in [5.41, 5.74) is 1.99. The Morgan fingerprint density at radius 3 is 2.65 bits per heavy atom. The Morgan fingerprint density at radius 1 is 1.16 bits per heavy atom. The zero-order valence-electron chi connectivity index (χ0n) is 17.1. The molecule has 0 aliphatic rings. The Kier molecular flexibility index (Phi) is 7.59. The second-order valence-corrected chi connectivity index (χ2v) is 8.66. The van der Waals surface area contributed by atoms with Gasteiger partial charge in [-0.15, -0.1) is 10.2 Å². The lowest BCUT2D eigenvalue weighted by Gasteiger charge is -2.14. The number of rotatable bonds is 7. The molecule has 2 amide bonds. The van der Waals surface area contributed by atoms with Crippen LogP contribution < -0.4 is 10.6 Å². The maximum atomic E-state index is 12.5. The lowest BCUT2D eigenvalue weighted by Crippen LogP contribution is -2.28. The summed E-state index contributed by atoms with van der Waals surface area (Å²) in [7, 11) is 1.79. The zero-order chi connectivity index (χ0) is 22.5. The fourth-order valence-corrected chi connectivity index (χ4v) is 3.97. The van der Waals surface area contributed by atoms with Gasteiger partial charge in [0, 0.05) is 17.8 Å². The van der Waals surface area contributed by atoms with Crippen molar-refractivity contribution < 1.29 is 9.59 Å². The van der Waals surface area contributed by atoms with Crippen molar-refractivity contribution in [2.75, 3.05) is 11.1 Å². The number of nitrogens with one attached hydrogen (secondary N) is 2. The van der Waals surface area contributed by atoms with Crippen molar-refractivity contribution in [1.82, 2.24) is 20.1 Å². The van der Waals surface area contributed by atoms with E-state index in [0.717, 1.165) is 5.56 Å². The molecule has 0 saturated heterocycles. The molecule has 162 valence electrons. The van der Waals surface area contributed by atoms with Crippen molar-refractivity contribution in [3.8, 4) is 0 Å². The molecule has 2 N–H and O–H groups in total. The Labute approximate surface area is 194 Å². The average Bonchev–Trinajstić information content (AvgIpc) is 3.10. The van der Waals surface area contributed by atoms with Crippen LogP contribution in [0.5, 0.6) is 0 Å². The number of hydrogen-bond acceptors (Lipinski definition) is 5. The molecule has 0 bridgehead atoms. The van der Waals surface area contributed by atoms with E-state index in [1.807, 2.05) is 19.9 Å². The SMILES string of the molecule is Cc1ccc(Cl)cc1NC(=O)CSc1nnc([C@H](C)NC(=O)c2ccccc2Cl)n1C. The van der Waals surface area contributed by atoms with Gasteiger partial charge in [0.05, 0.1) is 22.4 Å². The highest BCUT2D eigenvalue weighted by atomic mass is 35.5. The fraction of sp³-hybridized carbons (Fsp3) is 0.238. The third-order valence-electron chi connectivity index (χ3n) is 4.53. The van der Waals surface area contributed by atoms with Crippen LogP contribution in [0.2, 0.25) is 10.0 Å². The highest BCUT2D eigenvalue weighted by Crippen LogP contribution is 2.23. The summed E-state index contributed by atoms with van der Waals surface area (Å²) in [4.78, 5) is 24.8. The lowest BCUT2D eigenvalue weighted by atomic mass is 10.2. The highest BCUT2D eigenvalue weighted by molar-refractivity contribution is 7.99. The van der Waals surface area contributed by atoms with E-state index in [1.165, 1.54) is 11.8 Å². The molecule has 1 atom stereocenters. The molecule has 10 heteroatoms. The van der Waals surface area contributed by atoms with E-state index >= 15 is 0 Å². The largest absolute Gasteiger partial charge is 0.342 e. The molecule has 0 spiro atoms. The van der Waals surface area contributed by atoms with Gasteiger partial charge in [0.1, 0.15) is 0 Å². The zero-order valence-corrected chi connectivity index (χ0v) is 19.5. The minimum Gasteiger partial charge on any atom is -0.342 e.